The summed E-state index contributed by atoms with van der Waals surface area (Å²) in [6.45, 7) is 5.38. The van der Waals surface area contributed by atoms with Gasteiger partial charge < -0.3 is 5.32 Å². The van der Waals surface area contributed by atoms with Crippen LogP contribution in [-0.4, -0.2) is 11.8 Å². The van der Waals surface area contributed by atoms with E-state index in [-0.39, 0.29) is 0 Å². The average Bonchev–Trinajstić information content (AvgIpc) is 2.81. The second kappa shape index (κ2) is 5.30. The summed E-state index contributed by atoms with van der Waals surface area (Å²) in [5, 5.41) is 4.29. The molecule has 98 valence electrons. The monoisotopic (exact) mass is 269 g/mol. The Morgan fingerprint density at radius 1 is 1.05 bits per heavy atom. The largest absolute Gasteiger partial charge is 0.383 e. The molecule has 1 aliphatic heterocycles. The molecule has 0 bridgehead atoms. The first-order valence-corrected chi connectivity index (χ1v) is 7.66. The molecule has 0 aromatic heterocycles. The van der Waals surface area contributed by atoms with Crippen molar-refractivity contribution < 1.29 is 0 Å². The van der Waals surface area contributed by atoms with Crippen LogP contribution < -0.4 is 5.32 Å². The van der Waals surface area contributed by atoms with Crippen LogP contribution in [-0.2, 0) is 6.42 Å². The van der Waals surface area contributed by atoms with Crippen molar-refractivity contribution in [3.8, 4) is 0 Å². The molecular formula is C17H19NS. The summed E-state index contributed by atoms with van der Waals surface area (Å²) >= 11 is 2.00. The van der Waals surface area contributed by atoms with Gasteiger partial charge in [0.15, 0.2) is 0 Å². The van der Waals surface area contributed by atoms with E-state index in [0.29, 0.717) is 5.25 Å². The van der Waals surface area contributed by atoms with Crippen LogP contribution in [0.4, 0.5) is 5.69 Å². The number of anilines is 1. The van der Waals surface area contributed by atoms with Gasteiger partial charge in [0.25, 0.3) is 0 Å². The topological polar surface area (TPSA) is 12.0 Å². The highest BCUT2D eigenvalue weighted by Gasteiger charge is 2.21. The molecule has 0 fully saturated rings. The van der Waals surface area contributed by atoms with E-state index >= 15 is 0 Å². The zero-order valence-electron chi connectivity index (χ0n) is 11.4. The van der Waals surface area contributed by atoms with Crippen LogP contribution in [0.15, 0.2) is 47.4 Å². The number of rotatable bonds is 3. The van der Waals surface area contributed by atoms with Gasteiger partial charge in [-0.3, -0.25) is 0 Å². The Morgan fingerprint density at radius 3 is 2.53 bits per heavy atom. The Morgan fingerprint density at radius 2 is 1.79 bits per heavy atom. The third kappa shape index (κ3) is 2.64. The zero-order chi connectivity index (χ0) is 13.2. The van der Waals surface area contributed by atoms with Crippen molar-refractivity contribution in [2.75, 3.05) is 11.9 Å². The van der Waals surface area contributed by atoms with E-state index in [1.165, 1.54) is 33.7 Å². The van der Waals surface area contributed by atoms with Crippen LogP contribution in [0.25, 0.3) is 0 Å². The van der Waals surface area contributed by atoms with Gasteiger partial charge in [-0.15, -0.1) is 11.8 Å². The minimum Gasteiger partial charge on any atom is -0.383 e. The molecule has 2 heteroatoms. The maximum Gasteiger partial charge on any atom is 0.0399 e. The molecule has 19 heavy (non-hydrogen) atoms. The van der Waals surface area contributed by atoms with E-state index in [0.717, 1.165) is 6.54 Å². The molecule has 2 aromatic rings. The first kappa shape index (κ1) is 12.6. The minimum atomic E-state index is 0.649. The van der Waals surface area contributed by atoms with Crippen molar-refractivity contribution in [1.82, 2.24) is 0 Å². The summed E-state index contributed by atoms with van der Waals surface area (Å²) in [6, 6.07) is 15.2. The van der Waals surface area contributed by atoms with Gasteiger partial charge in [0.2, 0.25) is 0 Å². The molecule has 0 amide bonds. The van der Waals surface area contributed by atoms with Gasteiger partial charge in [-0.2, -0.15) is 0 Å². The number of thioether (sulfide) groups is 1. The molecule has 1 atom stereocenters. The lowest BCUT2D eigenvalue weighted by Crippen LogP contribution is -2.16. The lowest BCUT2D eigenvalue weighted by atomic mass is 10.1. The minimum absolute atomic E-state index is 0.649. The van der Waals surface area contributed by atoms with E-state index in [4.69, 9.17) is 0 Å². The quantitative estimate of drug-likeness (QED) is 0.884. The molecule has 0 saturated carbocycles. The van der Waals surface area contributed by atoms with Gasteiger partial charge in [0.1, 0.15) is 0 Å². The molecule has 0 spiro atoms. The van der Waals surface area contributed by atoms with E-state index in [1.54, 1.807) is 0 Å². The van der Waals surface area contributed by atoms with Crippen LogP contribution in [0.5, 0.6) is 0 Å². The maximum atomic E-state index is 3.64. The van der Waals surface area contributed by atoms with E-state index < -0.39 is 0 Å². The molecule has 0 saturated heterocycles. The number of para-hydroxylation sites is 1. The molecule has 1 N–H and O–H groups in total. The predicted molar refractivity (Wildman–Crippen MR) is 84.2 cm³/mol. The van der Waals surface area contributed by atoms with Crippen LogP contribution in [0.1, 0.15) is 16.7 Å². The number of aryl methyl sites for hydroxylation is 2. The number of fused-ring (bicyclic) bond motifs is 1. The van der Waals surface area contributed by atoms with Crippen LogP contribution in [0, 0.1) is 13.8 Å². The molecule has 0 aliphatic carbocycles. The second-order valence-electron chi connectivity index (χ2n) is 5.20. The van der Waals surface area contributed by atoms with Crippen molar-refractivity contribution in [3.05, 3.63) is 59.2 Å². The van der Waals surface area contributed by atoms with Gasteiger partial charge in [0.05, 0.1) is 0 Å². The van der Waals surface area contributed by atoms with Gasteiger partial charge in [-0.05, 0) is 43.0 Å². The third-order valence-corrected chi connectivity index (χ3v) is 5.02. The van der Waals surface area contributed by atoms with Gasteiger partial charge in [-0.25, -0.2) is 0 Å². The lowest BCUT2D eigenvalue weighted by molar-refractivity contribution is 0.897. The Labute approximate surface area is 119 Å². The Kier molecular flexibility index (Phi) is 3.52. The molecule has 1 aliphatic rings. The first-order valence-electron chi connectivity index (χ1n) is 6.78. The smallest absolute Gasteiger partial charge is 0.0399 e. The molecule has 1 heterocycles. The van der Waals surface area contributed by atoms with Crippen molar-refractivity contribution in [1.29, 1.82) is 0 Å². The first-order chi connectivity index (χ1) is 9.24. The van der Waals surface area contributed by atoms with Gasteiger partial charge >= 0.3 is 0 Å². The van der Waals surface area contributed by atoms with E-state index in [2.05, 4.69) is 61.6 Å². The Bertz CT molecular complexity index is 546. The molecular weight excluding hydrogens is 250 g/mol. The zero-order valence-corrected chi connectivity index (χ0v) is 12.3. The van der Waals surface area contributed by atoms with Crippen molar-refractivity contribution in [3.63, 3.8) is 0 Å². The Balaban J connectivity index is 1.66. The fraction of sp³-hybridized carbons (Fsp3) is 0.294. The Hall–Kier alpha value is -1.41. The number of nitrogens with one attached hydrogen (secondary N) is 1. The summed E-state index contributed by atoms with van der Waals surface area (Å²) in [6.07, 6.45) is 1.18. The highest BCUT2D eigenvalue weighted by Crippen LogP contribution is 2.36. The molecule has 2 aromatic carbocycles. The summed E-state index contributed by atoms with van der Waals surface area (Å²) in [5.74, 6) is 0. The standard InChI is InChI=1S/C17H19NS/c1-12-6-5-7-13(2)17(12)18-11-15-10-14-8-3-4-9-16(14)19-15/h3-9,15,18H,10-11H2,1-2H3. The third-order valence-electron chi connectivity index (χ3n) is 3.70. The van der Waals surface area contributed by atoms with Crippen LogP contribution >= 0.6 is 11.8 Å². The highest BCUT2D eigenvalue weighted by atomic mass is 32.2. The van der Waals surface area contributed by atoms with Gasteiger partial charge in [-0.1, -0.05) is 36.4 Å². The molecule has 1 nitrogen and oxygen atoms in total. The predicted octanol–water partition coefficient (Wildman–Crippen LogP) is 4.43. The van der Waals surface area contributed by atoms with Crippen molar-refractivity contribution in [2.24, 2.45) is 0 Å². The molecule has 0 radical (unpaired) electrons. The number of hydrogen-bond acceptors (Lipinski definition) is 2. The summed E-state index contributed by atoms with van der Waals surface area (Å²) < 4.78 is 0. The average molecular weight is 269 g/mol. The second-order valence-corrected chi connectivity index (χ2v) is 6.54. The molecule has 3 rings (SSSR count). The van der Waals surface area contributed by atoms with Crippen LogP contribution in [0.2, 0.25) is 0 Å². The van der Waals surface area contributed by atoms with Gasteiger partial charge in [0, 0.05) is 22.4 Å². The highest BCUT2D eigenvalue weighted by molar-refractivity contribution is 8.00. The lowest BCUT2D eigenvalue weighted by Gasteiger charge is -2.15. The van der Waals surface area contributed by atoms with Crippen molar-refractivity contribution >= 4 is 17.4 Å². The number of hydrogen-bond donors (Lipinski definition) is 1. The van der Waals surface area contributed by atoms with E-state index in [9.17, 15) is 0 Å². The summed E-state index contributed by atoms with van der Waals surface area (Å²) in [7, 11) is 0. The fourth-order valence-corrected chi connectivity index (χ4v) is 3.93. The fourth-order valence-electron chi connectivity index (χ4n) is 2.68. The summed E-state index contributed by atoms with van der Waals surface area (Å²) in [4.78, 5) is 1.45. The number of benzene rings is 2. The normalized spacial score (nSPS) is 17.3. The SMILES string of the molecule is Cc1cccc(C)c1NCC1Cc2ccccc2S1. The van der Waals surface area contributed by atoms with Crippen LogP contribution in [0.3, 0.4) is 0 Å². The van der Waals surface area contributed by atoms with E-state index in [1.807, 2.05) is 11.8 Å². The molecule has 1 unspecified atom stereocenters. The summed E-state index contributed by atoms with van der Waals surface area (Å²) in [5.41, 5.74) is 5.47. The van der Waals surface area contributed by atoms with Crippen molar-refractivity contribution in [2.45, 2.75) is 30.4 Å². The maximum absolute atomic E-state index is 3.64.